The number of hydrogen-bond donors (Lipinski definition) is 2. The summed E-state index contributed by atoms with van der Waals surface area (Å²) in [4.78, 5) is 24.2. The molecular weight excluding hydrogens is 188 g/mol. The van der Waals surface area contributed by atoms with Gasteiger partial charge in [0.15, 0.2) is 0 Å². The lowest BCUT2D eigenvalue weighted by Gasteiger charge is -2.32. The first-order valence-corrected chi connectivity index (χ1v) is 4.98. The molecule has 1 unspecified atom stereocenters. The summed E-state index contributed by atoms with van der Waals surface area (Å²) in [5.41, 5.74) is 0. The number of piperazine rings is 1. The van der Waals surface area contributed by atoms with E-state index in [9.17, 15) is 9.59 Å². The largest absolute Gasteiger partial charge is 0.353 e. The van der Waals surface area contributed by atoms with Crippen molar-refractivity contribution in [3.05, 3.63) is 0 Å². The normalized spacial score (nSPS) is 22.8. The molecule has 1 aliphatic heterocycles. The van der Waals surface area contributed by atoms with Gasteiger partial charge in [0.2, 0.25) is 11.8 Å². The van der Waals surface area contributed by atoms with E-state index in [0.29, 0.717) is 25.3 Å². The van der Waals surface area contributed by atoms with Crippen molar-refractivity contribution in [2.75, 3.05) is 18.8 Å². The van der Waals surface area contributed by atoms with Crippen LogP contribution < -0.4 is 5.32 Å². The molecule has 13 heavy (non-hydrogen) atoms. The van der Waals surface area contributed by atoms with E-state index in [4.69, 9.17) is 0 Å². The van der Waals surface area contributed by atoms with Gasteiger partial charge in [0.1, 0.15) is 6.04 Å². The molecule has 74 valence electrons. The van der Waals surface area contributed by atoms with Gasteiger partial charge in [0.25, 0.3) is 0 Å². The van der Waals surface area contributed by atoms with E-state index in [2.05, 4.69) is 17.9 Å². The highest BCUT2D eigenvalue weighted by molar-refractivity contribution is 7.80. The Hall–Kier alpha value is -0.710. The molecule has 1 fully saturated rings. The minimum Gasteiger partial charge on any atom is -0.353 e. The average molecular weight is 202 g/mol. The second kappa shape index (κ2) is 4.50. The van der Waals surface area contributed by atoms with Crippen molar-refractivity contribution in [3.63, 3.8) is 0 Å². The summed E-state index contributed by atoms with van der Waals surface area (Å²) in [5.74, 6) is 0.472. The minimum atomic E-state index is -0.332. The summed E-state index contributed by atoms with van der Waals surface area (Å²) in [7, 11) is 0. The number of rotatable bonds is 2. The highest BCUT2D eigenvalue weighted by Crippen LogP contribution is 2.06. The smallest absolute Gasteiger partial charge is 0.242 e. The molecule has 0 spiro atoms. The predicted molar refractivity (Wildman–Crippen MR) is 52.7 cm³/mol. The number of nitrogens with one attached hydrogen (secondary N) is 1. The van der Waals surface area contributed by atoms with Gasteiger partial charge in [-0.25, -0.2) is 0 Å². The zero-order chi connectivity index (χ0) is 9.84. The van der Waals surface area contributed by atoms with Crippen LogP contribution in [-0.4, -0.2) is 41.6 Å². The summed E-state index contributed by atoms with van der Waals surface area (Å²) in [6, 6.07) is -0.332. The molecule has 0 aliphatic carbocycles. The third-order valence-corrected chi connectivity index (χ3v) is 2.37. The highest BCUT2D eigenvalue weighted by Gasteiger charge is 2.28. The predicted octanol–water partition coefficient (Wildman–Crippen LogP) is -0.347. The lowest BCUT2D eigenvalue weighted by molar-refractivity contribution is -0.142. The van der Waals surface area contributed by atoms with Crippen LogP contribution in [-0.2, 0) is 9.59 Å². The van der Waals surface area contributed by atoms with E-state index in [1.165, 1.54) is 0 Å². The lowest BCUT2D eigenvalue weighted by atomic mass is 10.2. The molecule has 1 rings (SSSR count). The Morgan fingerprint density at radius 3 is 3.08 bits per heavy atom. The van der Waals surface area contributed by atoms with E-state index < -0.39 is 0 Å². The summed E-state index contributed by atoms with van der Waals surface area (Å²) < 4.78 is 0. The Bertz CT molecular complexity index is 220. The van der Waals surface area contributed by atoms with Gasteiger partial charge in [-0.15, -0.1) is 0 Å². The van der Waals surface area contributed by atoms with E-state index in [1.807, 2.05) is 0 Å². The van der Waals surface area contributed by atoms with E-state index in [1.54, 1.807) is 11.8 Å². The monoisotopic (exact) mass is 202 g/mol. The summed E-state index contributed by atoms with van der Waals surface area (Å²) in [6.45, 7) is 2.91. The number of carbonyl (C=O) groups is 2. The van der Waals surface area contributed by atoms with Crippen LogP contribution >= 0.6 is 12.6 Å². The van der Waals surface area contributed by atoms with Crippen molar-refractivity contribution in [2.24, 2.45) is 0 Å². The van der Waals surface area contributed by atoms with E-state index >= 15 is 0 Å². The fraction of sp³-hybridized carbons (Fsp3) is 0.750. The molecule has 1 N–H and O–H groups in total. The molecule has 0 bridgehead atoms. The van der Waals surface area contributed by atoms with Gasteiger partial charge < -0.3 is 10.2 Å². The average Bonchev–Trinajstić information content (AvgIpc) is 2.10. The van der Waals surface area contributed by atoms with Crippen molar-refractivity contribution in [1.29, 1.82) is 0 Å². The molecule has 2 amide bonds. The van der Waals surface area contributed by atoms with Crippen LogP contribution in [0, 0.1) is 0 Å². The molecule has 0 aromatic rings. The second-order valence-corrected chi connectivity index (χ2v) is 3.47. The zero-order valence-corrected chi connectivity index (χ0v) is 8.51. The van der Waals surface area contributed by atoms with E-state index in [-0.39, 0.29) is 17.9 Å². The first kappa shape index (κ1) is 10.4. The van der Waals surface area contributed by atoms with Gasteiger partial charge in [0.05, 0.1) is 0 Å². The van der Waals surface area contributed by atoms with Crippen LogP contribution in [0.2, 0.25) is 0 Å². The van der Waals surface area contributed by atoms with Gasteiger partial charge in [0, 0.05) is 19.5 Å². The Labute approximate surface area is 83.1 Å². The fourth-order valence-corrected chi connectivity index (χ4v) is 1.55. The Balaban J connectivity index is 2.57. The number of amides is 2. The number of thiol groups is 1. The zero-order valence-electron chi connectivity index (χ0n) is 7.62. The number of carbonyl (C=O) groups excluding carboxylic acids is 2. The Morgan fingerprint density at radius 1 is 1.77 bits per heavy atom. The molecule has 1 heterocycles. The van der Waals surface area contributed by atoms with Gasteiger partial charge >= 0.3 is 0 Å². The highest BCUT2D eigenvalue weighted by atomic mass is 32.1. The molecule has 5 heteroatoms. The summed E-state index contributed by atoms with van der Waals surface area (Å²) in [6.07, 6.45) is 0.404. The standard InChI is InChI=1S/C8H14N2O2S/c1-6-8(12)9-3-4-10(6)7(11)2-5-13/h6,13H,2-5H2,1H3,(H,9,12). The van der Waals surface area contributed by atoms with Crippen LogP contribution in [0.1, 0.15) is 13.3 Å². The van der Waals surface area contributed by atoms with Gasteiger partial charge in [-0.05, 0) is 12.7 Å². The van der Waals surface area contributed by atoms with Crippen LogP contribution in [0.15, 0.2) is 0 Å². The molecule has 0 radical (unpaired) electrons. The van der Waals surface area contributed by atoms with Crippen molar-refractivity contribution in [2.45, 2.75) is 19.4 Å². The molecule has 4 nitrogen and oxygen atoms in total. The Morgan fingerprint density at radius 2 is 2.46 bits per heavy atom. The third-order valence-electron chi connectivity index (χ3n) is 2.14. The van der Waals surface area contributed by atoms with Gasteiger partial charge in [-0.1, -0.05) is 0 Å². The van der Waals surface area contributed by atoms with Crippen molar-refractivity contribution in [3.8, 4) is 0 Å². The van der Waals surface area contributed by atoms with Gasteiger partial charge in [-0.3, -0.25) is 9.59 Å². The van der Waals surface area contributed by atoms with E-state index in [0.717, 1.165) is 0 Å². The molecule has 0 saturated carbocycles. The molecule has 0 aromatic heterocycles. The van der Waals surface area contributed by atoms with Crippen LogP contribution in [0.25, 0.3) is 0 Å². The maximum absolute atomic E-state index is 11.5. The third kappa shape index (κ3) is 2.37. The first-order chi connectivity index (χ1) is 6.16. The van der Waals surface area contributed by atoms with Crippen molar-refractivity contribution >= 4 is 24.4 Å². The molecule has 1 atom stereocenters. The lowest BCUT2D eigenvalue weighted by Crippen LogP contribution is -2.55. The number of nitrogens with zero attached hydrogens (tertiary/aromatic N) is 1. The van der Waals surface area contributed by atoms with Crippen LogP contribution in [0.5, 0.6) is 0 Å². The second-order valence-electron chi connectivity index (χ2n) is 3.03. The van der Waals surface area contributed by atoms with Gasteiger partial charge in [-0.2, -0.15) is 12.6 Å². The fourth-order valence-electron chi connectivity index (χ4n) is 1.36. The summed E-state index contributed by atoms with van der Waals surface area (Å²) >= 11 is 3.98. The van der Waals surface area contributed by atoms with Crippen LogP contribution in [0.4, 0.5) is 0 Å². The topological polar surface area (TPSA) is 49.4 Å². The maximum atomic E-state index is 11.5. The summed E-state index contributed by atoms with van der Waals surface area (Å²) in [5, 5.41) is 2.71. The molecule has 0 aromatic carbocycles. The molecule has 1 aliphatic rings. The van der Waals surface area contributed by atoms with Crippen molar-refractivity contribution in [1.82, 2.24) is 10.2 Å². The molecular formula is C8H14N2O2S. The quantitative estimate of drug-likeness (QED) is 0.602. The SMILES string of the molecule is CC1C(=O)NCCN1C(=O)CCS. The van der Waals surface area contributed by atoms with Crippen LogP contribution in [0.3, 0.4) is 0 Å². The minimum absolute atomic E-state index is 0.0114. The number of hydrogen-bond acceptors (Lipinski definition) is 3. The first-order valence-electron chi connectivity index (χ1n) is 4.35. The van der Waals surface area contributed by atoms with Crippen molar-refractivity contribution < 1.29 is 9.59 Å². The maximum Gasteiger partial charge on any atom is 0.242 e. The molecule has 1 saturated heterocycles. The Kier molecular flexibility index (Phi) is 3.59.